The Hall–Kier alpha value is -2.39. The summed E-state index contributed by atoms with van der Waals surface area (Å²) in [5.41, 5.74) is 0.362. The average molecular weight is 395 g/mol. The van der Waals surface area contributed by atoms with Crippen molar-refractivity contribution in [2.45, 2.75) is 19.4 Å². The molecule has 2 aromatic rings. The second-order valence-electron chi connectivity index (χ2n) is 6.45. The highest BCUT2D eigenvalue weighted by Crippen LogP contribution is 2.24. The summed E-state index contributed by atoms with van der Waals surface area (Å²) in [6.45, 7) is 0.720. The van der Waals surface area contributed by atoms with Crippen LogP contribution in [0.15, 0.2) is 47.1 Å². The number of rotatable bonds is 6. The van der Waals surface area contributed by atoms with Crippen molar-refractivity contribution < 1.29 is 22.0 Å². The Labute approximate surface area is 157 Å². The number of piperidine rings is 1. The molecule has 146 valence electrons. The van der Waals surface area contributed by atoms with Crippen LogP contribution in [-0.4, -0.2) is 38.8 Å². The van der Waals surface area contributed by atoms with Crippen molar-refractivity contribution in [3.63, 3.8) is 0 Å². The van der Waals surface area contributed by atoms with Crippen molar-refractivity contribution in [1.82, 2.24) is 9.62 Å². The molecule has 2 heterocycles. The summed E-state index contributed by atoms with van der Waals surface area (Å²) in [6, 6.07) is 8.73. The summed E-state index contributed by atoms with van der Waals surface area (Å²) in [5, 5.41) is 2.78. The van der Waals surface area contributed by atoms with E-state index in [4.69, 9.17) is 4.42 Å². The number of amides is 1. The summed E-state index contributed by atoms with van der Waals surface area (Å²) in [6.07, 6.45) is 2.74. The first-order chi connectivity index (χ1) is 12.9. The lowest BCUT2D eigenvalue weighted by Crippen LogP contribution is -2.49. The first-order valence-corrected chi connectivity index (χ1v) is 10.1. The minimum atomic E-state index is -3.81. The van der Waals surface area contributed by atoms with E-state index in [9.17, 15) is 17.6 Å². The fourth-order valence-electron chi connectivity index (χ4n) is 3.06. The maximum Gasteiger partial charge on any atom is 0.303 e. The highest BCUT2D eigenvalue weighted by molar-refractivity contribution is 7.90. The summed E-state index contributed by atoms with van der Waals surface area (Å²) in [4.78, 5) is 12.4. The van der Waals surface area contributed by atoms with Crippen molar-refractivity contribution in [1.29, 1.82) is 0 Å². The van der Waals surface area contributed by atoms with Gasteiger partial charge in [-0.25, -0.2) is 4.39 Å². The molecule has 1 aromatic carbocycles. The number of benzene rings is 1. The number of furan rings is 1. The van der Waals surface area contributed by atoms with Gasteiger partial charge in [0.1, 0.15) is 11.6 Å². The monoisotopic (exact) mass is 395 g/mol. The highest BCUT2D eigenvalue weighted by Gasteiger charge is 2.34. The summed E-state index contributed by atoms with van der Waals surface area (Å²) < 4.78 is 46.5. The van der Waals surface area contributed by atoms with Crippen LogP contribution < -0.4 is 9.62 Å². The van der Waals surface area contributed by atoms with E-state index < -0.39 is 21.9 Å². The minimum Gasteiger partial charge on any atom is -0.467 e. The fourth-order valence-corrected chi connectivity index (χ4v) is 4.52. The molecule has 1 aliphatic heterocycles. The Morgan fingerprint density at radius 1 is 1.33 bits per heavy atom. The molecular formula is C18H22FN3O4S. The van der Waals surface area contributed by atoms with Gasteiger partial charge in [-0.3, -0.25) is 9.10 Å². The van der Waals surface area contributed by atoms with Gasteiger partial charge in [-0.1, -0.05) is 0 Å². The predicted octanol–water partition coefficient (Wildman–Crippen LogP) is 2.13. The molecule has 27 heavy (non-hydrogen) atoms. The van der Waals surface area contributed by atoms with Crippen LogP contribution in [0.25, 0.3) is 0 Å². The quantitative estimate of drug-likeness (QED) is 0.812. The number of hydrogen-bond donors (Lipinski definition) is 1. The second kappa shape index (κ2) is 8.10. The zero-order chi connectivity index (χ0) is 19.4. The first-order valence-electron chi connectivity index (χ1n) is 8.67. The van der Waals surface area contributed by atoms with Crippen LogP contribution in [0.1, 0.15) is 18.6 Å². The van der Waals surface area contributed by atoms with Crippen molar-refractivity contribution in [2.24, 2.45) is 5.92 Å². The number of halogens is 1. The molecule has 0 spiro atoms. The molecule has 1 atom stereocenters. The van der Waals surface area contributed by atoms with Crippen LogP contribution in [0.2, 0.25) is 0 Å². The number of carbonyl (C=O) groups excluding carboxylic acids is 1. The smallest absolute Gasteiger partial charge is 0.303 e. The van der Waals surface area contributed by atoms with Crippen LogP contribution in [0.3, 0.4) is 0 Å². The van der Waals surface area contributed by atoms with E-state index in [1.165, 1.54) is 41.9 Å². The number of nitrogens with one attached hydrogen (secondary N) is 1. The van der Waals surface area contributed by atoms with E-state index in [0.29, 0.717) is 30.8 Å². The number of anilines is 1. The molecule has 0 radical (unpaired) electrons. The van der Waals surface area contributed by atoms with Crippen LogP contribution in [0.5, 0.6) is 0 Å². The SMILES string of the molecule is CN(c1ccc(F)cc1)S(=O)(=O)N1CCC[C@H](C(=O)NCc2ccco2)C1. The molecule has 7 nitrogen and oxygen atoms in total. The summed E-state index contributed by atoms with van der Waals surface area (Å²) >= 11 is 0. The van der Waals surface area contributed by atoms with Crippen molar-refractivity contribution in [3.8, 4) is 0 Å². The molecule has 1 N–H and O–H groups in total. The Morgan fingerprint density at radius 3 is 2.74 bits per heavy atom. The molecule has 3 rings (SSSR count). The number of hydrogen-bond acceptors (Lipinski definition) is 4. The van der Waals surface area contributed by atoms with Gasteiger partial charge < -0.3 is 9.73 Å². The Morgan fingerprint density at radius 2 is 2.07 bits per heavy atom. The molecule has 1 aromatic heterocycles. The van der Waals surface area contributed by atoms with Crippen molar-refractivity contribution in [3.05, 3.63) is 54.2 Å². The van der Waals surface area contributed by atoms with Crippen LogP contribution in [0, 0.1) is 11.7 Å². The van der Waals surface area contributed by atoms with Gasteiger partial charge in [0.15, 0.2) is 0 Å². The minimum absolute atomic E-state index is 0.109. The van der Waals surface area contributed by atoms with Gasteiger partial charge in [0.25, 0.3) is 0 Å². The second-order valence-corrected chi connectivity index (χ2v) is 8.41. The molecule has 1 aliphatic rings. The fraction of sp³-hybridized carbons (Fsp3) is 0.389. The predicted molar refractivity (Wildman–Crippen MR) is 98.6 cm³/mol. The lowest BCUT2D eigenvalue weighted by Gasteiger charge is -2.34. The highest BCUT2D eigenvalue weighted by atomic mass is 32.2. The lowest BCUT2D eigenvalue weighted by atomic mass is 9.99. The molecular weight excluding hydrogens is 373 g/mol. The standard InChI is InChI=1S/C18H22FN3O4S/c1-21(16-8-6-15(19)7-9-16)27(24,25)22-10-2-4-14(13-22)18(23)20-12-17-5-3-11-26-17/h3,5-9,11,14H,2,4,10,12-13H2,1H3,(H,20,23)/t14-/m0/s1. The van der Waals surface area contributed by atoms with Gasteiger partial charge in [0.05, 0.1) is 24.4 Å². The molecule has 1 amide bonds. The van der Waals surface area contributed by atoms with Gasteiger partial charge in [-0.2, -0.15) is 12.7 Å². The third kappa shape index (κ3) is 4.48. The van der Waals surface area contributed by atoms with E-state index in [1.54, 1.807) is 12.1 Å². The Balaban J connectivity index is 1.65. The van der Waals surface area contributed by atoms with Gasteiger partial charge >= 0.3 is 10.2 Å². The molecule has 0 bridgehead atoms. The first kappa shape index (κ1) is 19.4. The number of nitrogens with zero attached hydrogens (tertiary/aromatic N) is 2. The molecule has 9 heteroatoms. The van der Waals surface area contributed by atoms with Gasteiger partial charge in [-0.05, 0) is 49.2 Å². The Bertz CT molecular complexity index is 869. The average Bonchev–Trinajstić information content (AvgIpc) is 3.20. The number of carbonyl (C=O) groups is 1. The van der Waals surface area contributed by atoms with Gasteiger partial charge in [-0.15, -0.1) is 0 Å². The van der Waals surface area contributed by atoms with Gasteiger partial charge in [0, 0.05) is 20.1 Å². The lowest BCUT2D eigenvalue weighted by molar-refractivity contribution is -0.126. The topological polar surface area (TPSA) is 82.9 Å². The van der Waals surface area contributed by atoms with Crippen molar-refractivity contribution in [2.75, 3.05) is 24.4 Å². The Kier molecular flexibility index (Phi) is 5.81. The van der Waals surface area contributed by atoms with Crippen LogP contribution in [0.4, 0.5) is 10.1 Å². The van der Waals surface area contributed by atoms with E-state index in [-0.39, 0.29) is 19.0 Å². The molecule has 0 saturated carbocycles. The third-order valence-corrected chi connectivity index (χ3v) is 6.52. The largest absolute Gasteiger partial charge is 0.467 e. The zero-order valence-electron chi connectivity index (χ0n) is 15.0. The van der Waals surface area contributed by atoms with E-state index in [2.05, 4.69) is 5.32 Å². The van der Waals surface area contributed by atoms with E-state index >= 15 is 0 Å². The molecule has 0 unspecified atom stereocenters. The van der Waals surface area contributed by atoms with E-state index in [1.807, 2.05) is 0 Å². The summed E-state index contributed by atoms with van der Waals surface area (Å²) in [7, 11) is -2.39. The van der Waals surface area contributed by atoms with Crippen LogP contribution >= 0.6 is 0 Å². The van der Waals surface area contributed by atoms with Crippen LogP contribution in [-0.2, 0) is 21.5 Å². The maximum absolute atomic E-state index is 13.1. The normalized spacial score (nSPS) is 18.2. The molecule has 1 saturated heterocycles. The molecule has 0 aliphatic carbocycles. The van der Waals surface area contributed by atoms with Crippen molar-refractivity contribution >= 4 is 21.8 Å². The van der Waals surface area contributed by atoms with E-state index in [0.717, 1.165) is 4.31 Å². The molecule has 1 fully saturated rings. The van der Waals surface area contributed by atoms with Gasteiger partial charge in [0.2, 0.25) is 5.91 Å². The maximum atomic E-state index is 13.1. The third-order valence-electron chi connectivity index (χ3n) is 4.63. The summed E-state index contributed by atoms with van der Waals surface area (Å²) in [5.74, 6) is -0.420. The zero-order valence-corrected chi connectivity index (χ0v) is 15.8.